The molecule has 0 spiro atoms. The largest absolute Gasteiger partial charge is 0.455 e. The van der Waals surface area contributed by atoms with Crippen molar-refractivity contribution < 1.29 is 8.83 Å². The lowest BCUT2D eigenvalue weighted by Gasteiger charge is -2.16. The van der Waals surface area contributed by atoms with Gasteiger partial charge in [-0.05, 0) is 83.9 Å². The number of hydrogen-bond acceptors (Lipinski definition) is 5. The van der Waals surface area contributed by atoms with Crippen LogP contribution < -0.4 is 0 Å². The highest BCUT2D eigenvalue weighted by Gasteiger charge is 2.22. The maximum absolute atomic E-state index is 6.72. The molecule has 7 heteroatoms. The second kappa shape index (κ2) is 16.6. The van der Waals surface area contributed by atoms with Crippen LogP contribution in [0.5, 0.6) is 0 Å². The fourth-order valence-electron chi connectivity index (χ4n) is 11.8. The van der Waals surface area contributed by atoms with Crippen molar-refractivity contribution in [3.63, 3.8) is 0 Å². The van der Waals surface area contributed by atoms with Crippen LogP contribution in [0.1, 0.15) is 0 Å². The second-order valence-electron chi connectivity index (χ2n) is 19.5. The minimum atomic E-state index is 0.529. The van der Waals surface area contributed by atoms with Crippen molar-refractivity contribution in [3.05, 3.63) is 249 Å². The lowest BCUT2D eigenvalue weighted by atomic mass is 9.94. The van der Waals surface area contributed by atoms with Crippen LogP contribution in [0.3, 0.4) is 0 Å². The van der Waals surface area contributed by atoms with Gasteiger partial charge in [0.25, 0.3) is 0 Å². The minimum Gasteiger partial charge on any atom is -0.455 e. The molecule has 0 atom stereocenters. The molecule has 0 N–H and O–H groups in total. The summed E-state index contributed by atoms with van der Waals surface area (Å²) in [5.74, 6) is 1.63. The van der Waals surface area contributed by atoms with Crippen molar-refractivity contribution in [1.82, 2.24) is 24.1 Å². The number of para-hydroxylation sites is 8. The van der Waals surface area contributed by atoms with E-state index in [9.17, 15) is 0 Å². The summed E-state index contributed by atoms with van der Waals surface area (Å²) < 4.78 is 18.2. The number of fused-ring (bicyclic) bond motifs is 12. The first kappa shape index (κ1) is 42.2. The standard InChI is InChI=1S/C69H41N5O2/c1-2-18-42(19-3-1)67-70-68(45-37-43(49-26-16-28-57-55-24-8-14-34-63(55)75-65(49)57)36-44(38-45)50-27-17-29-58-56-25-9-15-35-64(56)76-66(50)58)72-69(71-67)46-39-47(73-59-30-10-4-20-51(59)52-21-5-11-31-60(52)73)41-48(40-46)74-61-32-12-6-22-53(61)54-23-7-13-33-62(54)74/h1-41H. The minimum absolute atomic E-state index is 0.529. The van der Waals surface area contributed by atoms with Gasteiger partial charge in [0.1, 0.15) is 22.3 Å². The summed E-state index contributed by atoms with van der Waals surface area (Å²) in [5, 5.41) is 8.98. The molecule has 0 fully saturated rings. The first-order chi connectivity index (χ1) is 37.7. The Morgan fingerprint density at radius 3 is 1.04 bits per heavy atom. The van der Waals surface area contributed by atoms with Gasteiger partial charge in [-0.15, -0.1) is 0 Å². The molecule has 0 aliphatic heterocycles. The molecule has 16 rings (SSSR count). The maximum Gasteiger partial charge on any atom is 0.164 e. The molecule has 16 aromatic rings. The summed E-state index contributed by atoms with van der Waals surface area (Å²) in [6, 6.07) is 87.4. The van der Waals surface area contributed by atoms with Crippen LogP contribution in [-0.4, -0.2) is 24.1 Å². The van der Waals surface area contributed by atoms with Gasteiger partial charge in [-0.2, -0.15) is 0 Å². The van der Waals surface area contributed by atoms with Crippen molar-refractivity contribution in [2.75, 3.05) is 0 Å². The van der Waals surface area contributed by atoms with E-state index in [0.29, 0.717) is 17.5 Å². The summed E-state index contributed by atoms with van der Waals surface area (Å²) in [7, 11) is 0. The van der Waals surface area contributed by atoms with Crippen molar-refractivity contribution >= 4 is 87.5 Å². The summed E-state index contributed by atoms with van der Waals surface area (Å²) in [6.07, 6.45) is 0. The molecule has 0 saturated carbocycles. The van der Waals surface area contributed by atoms with Gasteiger partial charge in [0.2, 0.25) is 0 Å². The number of furan rings is 2. The third-order valence-corrected chi connectivity index (χ3v) is 15.1. The van der Waals surface area contributed by atoms with Crippen LogP contribution in [0.15, 0.2) is 258 Å². The van der Waals surface area contributed by atoms with Crippen molar-refractivity contribution in [2.24, 2.45) is 0 Å². The normalized spacial score (nSPS) is 11.9. The number of rotatable bonds is 7. The Morgan fingerprint density at radius 1 is 0.250 bits per heavy atom. The number of nitrogens with zero attached hydrogens (tertiary/aromatic N) is 5. The Labute approximate surface area is 434 Å². The predicted octanol–water partition coefficient (Wildman–Crippen LogP) is 18.2. The molecule has 0 unspecified atom stereocenters. The number of benzene rings is 11. The van der Waals surface area contributed by atoms with Gasteiger partial charge in [0.05, 0.1) is 22.1 Å². The van der Waals surface area contributed by atoms with Crippen LogP contribution in [-0.2, 0) is 0 Å². The lowest BCUT2D eigenvalue weighted by Crippen LogP contribution is -2.03. The highest BCUT2D eigenvalue weighted by molar-refractivity contribution is 6.13. The summed E-state index contributed by atoms with van der Waals surface area (Å²) in [5.41, 5.74) is 16.1. The molecular formula is C69H41N5O2. The quantitative estimate of drug-likeness (QED) is 0.159. The van der Waals surface area contributed by atoms with Gasteiger partial charge < -0.3 is 18.0 Å². The first-order valence-electron chi connectivity index (χ1n) is 25.6. The van der Waals surface area contributed by atoms with Crippen LogP contribution >= 0.6 is 0 Å². The Balaban J connectivity index is 0.983. The molecule has 0 aliphatic rings. The first-order valence-corrected chi connectivity index (χ1v) is 25.6. The van der Waals surface area contributed by atoms with Gasteiger partial charge in [-0.25, -0.2) is 15.0 Å². The smallest absolute Gasteiger partial charge is 0.164 e. The van der Waals surface area contributed by atoms with E-state index < -0.39 is 0 Å². The summed E-state index contributed by atoms with van der Waals surface area (Å²) in [6.45, 7) is 0. The van der Waals surface area contributed by atoms with E-state index in [4.69, 9.17) is 23.8 Å². The van der Waals surface area contributed by atoms with Gasteiger partial charge in [0.15, 0.2) is 17.5 Å². The molecule has 76 heavy (non-hydrogen) atoms. The Kier molecular flexibility index (Phi) is 9.20. The molecular weight excluding hydrogens is 931 g/mol. The zero-order valence-corrected chi connectivity index (χ0v) is 40.7. The maximum atomic E-state index is 6.72. The van der Waals surface area contributed by atoms with Gasteiger partial charge in [-0.3, -0.25) is 0 Å². The van der Waals surface area contributed by atoms with Crippen molar-refractivity contribution in [3.8, 4) is 67.8 Å². The predicted molar refractivity (Wildman–Crippen MR) is 310 cm³/mol. The van der Waals surface area contributed by atoms with Crippen LogP contribution in [0, 0.1) is 0 Å². The molecule has 11 aromatic carbocycles. The van der Waals surface area contributed by atoms with Crippen LogP contribution in [0.25, 0.3) is 155 Å². The van der Waals surface area contributed by atoms with Crippen LogP contribution in [0.4, 0.5) is 0 Å². The lowest BCUT2D eigenvalue weighted by molar-refractivity contribution is 0.670. The molecule has 0 saturated heterocycles. The van der Waals surface area contributed by atoms with E-state index in [1.807, 2.05) is 42.5 Å². The van der Waals surface area contributed by atoms with Gasteiger partial charge >= 0.3 is 0 Å². The molecule has 0 aliphatic carbocycles. The molecule has 0 radical (unpaired) electrons. The molecule has 7 nitrogen and oxygen atoms in total. The monoisotopic (exact) mass is 971 g/mol. The van der Waals surface area contributed by atoms with Crippen molar-refractivity contribution in [2.45, 2.75) is 0 Å². The van der Waals surface area contributed by atoms with Crippen LogP contribution in [0.2, 0.25) is 0 Å². The third kappa shape index (κ3) is 6.52. The number of hydrogen-bond donors (Lipinski definition) is 0. The van der Waals surface area contributed by atoms with Gasteiger partial charge in [-0.1, -0.05) is 176 Å². The SMILES string of the molecule is c1ccc(-c2nc(-c3cc(-c4cccc5c4oc4ccccc45)cc(-c4cccc5c4oc4ccccc45)c3)nc(-c3cc(-n4c5ccccc5c5ccccc54)cc(-n4c5ccccc5c5ccccc54)c3)n2)cc1. The molecule has 5 heterocycles. The average Bonchev–Trinajstić information content (AvgIpc) is 4.26. The topological polar surface area (TPSA) is 74.8 Å². The number of aromatic nitrogens is 5. The molecule has 5 aromatic heterocycles. The third-order valence-electron chi connectivity index (χ3n) is 15.1. The van der Waals surface area contributed by atoms with E-state index in [0.717, 1.165) is 116 Å². The fourth-order valence-corrected chi connectivity index (χ4v) is 11.8. The van der Waals surface area contributed by atoms with E-state index in [1.165, 1.54) is 21.5 Å². The molecule has 354 valence electrons. The highest BCUT2D eigenvalue weighted by atomic mass is 16.3. The second-order valence-corrected chi connectivity index (χ2v) is 19.5. The van der Waals surface area contributed by atoms with E-state index in [2.05, 4.69) is 215 Å². The summed E-state index contributed by atoms with van der Waals surface area (Å²) >= 11 is 0. The zero-order valence-electron chi connectivity index (χ0n) is 40.7. The molecule has 0 bridgehead atoms. The van der Waals surface area contributed by atoms with Gasteiger partial charge in [0, 0.05) is 82.3 Å². The Hall–Kier alpha value is -10.4. The van der Waals surface area contributed by atoms with E-state index in [1.54, 1.807) is 0 Å². The van der Waals surface area contributed by atoms with E-state index in [-0.39, 0.29) is 0 Å². The Morgan fingerprint density at radius 2 is 0.592 bits per heavy atom. The Bertz CT molecular complexity index is 4650. The zero-order chi connectivity index (χ0) is 49.8. The molecule has 0 amide bonds. The summed E-state index contributed by atoms with van der Waals surface area (Å²) in [4.78, 5) is 16.4. The highest BCUT2D eigenvalue weighted by Crippen LogP contribution is 2.43. The van der Waals surface area contributed by atoms with E-state index >= 15 is 0 Å². The average molecular weight is 972 g/mol. The fraction of sp³-hybridized carbons (Fsp3) is 0. The van der Waals surface area contributed by atoms with Crippen molar-refractivity contribution in [1.29, 1.82) is 0 Å².